The van der Waals surface area contributed by atoms with Crippen molar-refractivity contribution in [2.75, 3.05) is 18.5 Å². The summed E-state index contributed by atoms with van der Waals surface area (Å²) < 4.78 is 48.5. The van der Waals surface area contributed by atoms with E-state index in [0.717, 1.165) is 25.7 Å². The maximum Gasteiger partial charge on any atom is 0.299 e. The second kappa shape index (κ2) is 6.27. The Morgan fingerprint density at radius 3 is 2.71 bits per heavy atom. The molecule has 0 bridgehead atoms. The highest BCUT2D eigenvalue weighted by molar-refractivity contribution is 5.82. The number of nitrogens with zero attached hydrogens (tertiary/aromatic N) is 1. The van der Waals surface area contributed by atoms with E-state index in [2.05, 4.69) is 10.3 Å². The number of alkyl halides is 2. The molecule has 1 aliphatic carbocycles. The second-order valence-corrected chi connectivity index (χ2v) is 6.69. The molecule has 2 aliphatic rings. The Kier molecular flexibility index (Phi) is 4.46. The lowest BCUT2D eigenvalue weighted by Crippen LogP contribution is -2.45. The number of hydrogen-bond donors (Lipinski definition) is 2. The highest BCUT2D eigenvalue weighted by Gasteiger charge is 2.54. The molecule has 1 heterocycles. The molecule has 7 heteroatoms. The Balaban J connectivity index is 2.00. The lowest BCUT2D eigenvalue weighted by atomic mass is 9.85. The lowest BCUT2D eigenvalue weighted by molar-refractivity contribution is -0.116. The fraction of sp³-hybridized carbons (Fsp3) is 0.588. The molecule has 3 N–H and O–H groups in total. The van der Waals surface area contributed by atoms with Crippen LogP contribution < -0.4 is 11.1 Å². The van der Waals surface area contributed by atoms with Gasteiger partial charge in [0.05, 0.1) is 0 Å². The monoisotopic (exact) mass is 341 g/mol. The maximum atomic E-state index is 14.6. The third kappa shape index (κ3) is 3.09. The number of aliphatic imine (C=N–C) groups is 1. The Morgan fingerprint density at radius 1 is 1.29 bits per heavy atom. The molecule has 1 aromatic rings. The number of nitrogens with two attached hydrogens (primary N) is 1. The van der Waals surface area contributed by atoms with E-state index >= 15 is 0 Å². The molecule has 1 aliphatic heterocycles. The van der Waals surface area contributed by atoms with Crippen LogP contribution in [0.5, 0.6) is 0 Å². The molecule has 24 heavy (non-hydrogen) atoms. The van der Waals surface area contributed by atoms with E-state index < -0.39 is 23.9 Å². The van der Waals surface area contributed by atoms with E-state index in [4.69, 9.17) is 10.5 Å². The van der Waals surface area contributed by atoms with Gasteiger partial charge in [0, 0.05) is 17.3 Å². The van der Waals surface area contributed by atoms with Crippen LogP contribution in [0, 0.1) is 5.82 Å². The minimum absolute atomic E-state index is 0.0665. The lowest BCUT2D eigenvalue weighted by Gasteiger charge is -2.33. The fourth-order valence-corrected chi connectivity index (χ4v) is 3.38. The van der Waals surface area contributed by atoms with Crippen LogP contribution in [0.15, 0.2) is 23.2 Å². The molecule has 0 amide bonds. The minimum Gasteiger partial charge on any atom is -0.385 e. The van der Waals surface area contributed by atoms with Gasteiger partial charge in [-0.05, 0) is 38.0 Å². The molecule has 132 valence electrons. The van der Waals surface area contributed by atoms with E-state index in [9.17, 15) is 13.2 Å². The molecule has 1 unspecified atom stereocenters. The summed E-state index contributed by atoms with van der Waals surface area (Å²) in [5, 5.41) is 3.30. The zero-order chi connectivity index (χ0) is 17.4. The normalized spacial score (nSPS) is 27.6. The number of amidine groups is 1. The van der Waals surface area contributed by atoms with Gasteiger partial charge in [-0.25, -0.2) is 13.2 Å². The van der Waals surface area contributed by atoms with Crippen molar-refractivity contribution in [3.63, 3.8) is 0 Å². The number of ether oxygens (including phenoxy) is 1. The predicted molar refractivity (Wildman–Crippen MR) is 87.0 cm³/mol. The first-order valence-electron chi connectivity index (χ1n) is 8.18. The zero-order valence-corrected chi connectivity index (χ0v) is 13.6. The summed E-state index contributed by atoms with van der Waals surface area (Å²) in [4.78, 5) is 3.92. The van der Waals surface area contributed by atoms with E-state index in [0.29, 0.717) is 11.7 Å². The third-order valence-corrected chi connectivity index (χ3v) is 4.83. The van der Waals surface area contributed by atoms with Gasteiger partial charge in [-0.1, -0.05) is 12.8 Å². The van der Waals surface area contributed by atoms with Gasteiger partial charge in [0.1, 0.15) is 24.9 Å². The van der Waals surface area contributed by atoms with E-state index in [1.54, 1.807) is 6.07 Å². The molecule has 0 radical (unpaired) electrons. The molecular weight excluding hydrogens is 319 g/mol. The quantitative estimate of drug-likeness (QED) is 0.886. The fourth-order valence-electron chi connectivity index (χ4n) is 3.38. The zero-order valence-electron chi connectivity index (χ0n) is 13.6. The minimum atomic E-state index is -3.37. The summed E-state index contributed by atoms with van der Waals surface area (Å²) in [6.07, 6.45) is 4.33. The highest BCUT2D eigenvalue weighted by Crippen LogP contribution is 2.44. The van der Waals surface area contributed by atoms with Gasteiger partial charge in [0.25, 0.3) is 5.92 Å². The molecular formula is C17H22F3N3O. The molecule has 1 aromatic carbocycles. The molecule has 0 aromatic heterocycles. The smallest absolute Gasteiger partial charge is 0.299 e. The molecule has 0 spiro atoms. The molecule has 1 atom stereocenters. The van der Waals surface area contributed by atoms with E-state index in [1.165, 1.54) is 19.1 Å². The third-order valence-electron chi connectivity index (χ3n) is 4.83. The molecule has 3 rings (SSSR count). The van der Waals surface area contributed by atoms with Crippen LogP contribution in [-0.2, 0) is 10.3 Å². The second-order valence-electron chi connectivity index (χ2n) is 6.69. The summed E-state index contributed by atoms with van der Waals surface area (Å²) in [5.74, 6) is -4.17. The van der Waals surface area contributed by atoms with Crippen molar-refractivity contribution in [2.45, 2.75) is 50.1 Å². The van der Waals surface area contributed by atoms with Crippen molar-refractivity contribution in [3.8, 4) is 0 Å². The first kappa shape index (κ1) is 17.1. The number of benzene rings is 1. The van der Waals surface area contributed by atoms with Crippen molar-refractivity contribution in [3.05, 3.63) is 29.6 Å². The molecule has 1 saturated carbocycles. The van der Waals surface area contributed by atoms with Crippen LogP contribution in [0.25, 0.3) is 0 Å². The molecule has 0 saturated heterocycles. The van der Waals surface area contributed by atoms with Gasteiger partial charge < -0.3 is 15.8 Å². The van der Waals surface area contributed by atoms with Gasteiger partial charge in [-0.3, -0.25) is 4.99 Å². The van der Waals surface area contributed by atoms with Gasteiger partial charge in [-0.15, -0.1) is 0 Å². The average Bonchev–Trinajstić information content (AvgIpc) is 2.98. The summed E-state index contributed by atoms with van der Waals surface area (Å²) >= 11 is 0. The van der Waals surface area contributed by atoms with Crippen LogP contribution in [0.2, 0.25) is 0 Å². The Morgan fingerprint density at radius 2 is 2.00 bits per heavy atom. The number of halogens is 3. The predicted octanol–water partition coefficient (Wildman–Crippen LogP) is 3.42. The van der Waals surface area contributed by atoms with Crippen molar-refractivity contribution in [1.29, 1.82) is 0 Å². The van der Waals surface area contributed by atoms with Gasteiger partial charge >= 0.3 is 0 Å². The topological polar surface area (TPSA) is 59.6 Å². The average molecular weight is 341 g/mol. The Labute approximate surface area is 139 Å². The SMILES string of the molecule is CC1(c2cc(NC3CCCC3)ccc2F)N=C(N)COCC1(F)F. The first-order valence-corrected chi connectivity index (χ1v) is 8.18. The maximum absolute atomic E-state index is 14.6. The van der Waals surface area contributed by atoms with Crippen molar-refractivity contribution in [2.24, 2.45) is 10.7 Å². The van der Waals surface area contributed by atoms with E-state index in [1.807, 2.05) is 0 Å². The molecule has 4 nitrogen and oxygen atoms in total. The van der Waals surface area contributed by atoms with Gasteiger partial charge in [0.2, 0.25) is 0 Å². The largest absolute Gasteiger partial charge is 0.385 e. The van der Waals surface area contributed by atoms with Crippen molar-refractivity contribution in [1.82, 2.24) is 0 Å². The Hall–Kier alpha value is -1.76. The first-order chi connectivity index (χ1) is 11.3. The number of hydrogen-bond acceptors (Lipinski definition) is 4. The number of nitrogens with one attached hydrogen (secondary N) is 1. The van der Waals surface area contributed by atoms with Crippen LogP contribution in [0.4, 0.5) is 18.9 Å². The van der Waals surface area contributed by atoms with Gasteiger partial charge in [0.15, 0.2) is 5.54 Å². The summed E-state index contributed by atoms with van der Waals surface area (Å²) in [7, 11) is 0. The highest BCUT2D eigenvalue weighted by atomic mass is 19.3. The van der Waals surface area contributed by atoms with Crippen LogP contribution >= 0.6 is 0 Å². The van der Waals surface area contributed by atoms with Crippen molar-refractivity contribution < 1.29 is 17.9 Å². The van der Waals surface area contributed by atoms with Gasteiger partial charge in [-0.2, -0.15) is 0 Å². The summed E-state index contributed by atoms with van der Waals surface area (Å²) in [6.45, 7) is 0.159. The Bertz CT molecular complexity index is 644. The van der Waals surface area contributed by atoms with Crippen LogP contribution in [-0.4, -0.2) is 31.0 Å². The summed E-state index contributed by atoms with van der Waals surface area (Å²) in [6, 6.07) is 4.48. The van der Waals surface area contributed by atoms with Crippen molar-refractivity contribution >= 4 is 11.5 Å². The molecule has 1 fully saturated rings. The van der Waals surface area contributed by atoms with Crippen LogP contribution in [0.1, 0.15) is 38.2 Å². The number of rotatable bonds is 3. The van der Waals surface area contributed by atoms with E-state index in [-0.39, 0.29) is 18.0 Å². The standard InChI is InChI=1S/C17H22F3N3O/c1-16(17(19,20)10-24-9-15(21)23-16)13-8-12(6-7-14(13)18)22-11-4-2-3-5-11/h6-8,11,22H,2-5,9-10H2,1H3,(H2,21,23). The van der Waals surface area contributed by atoms with Crippen LogP contribution in [0.3, 0.4) is 0 Å². The number of anilines is 1. The summed E-state index contributed by atoms with van der Waals surface area (Å²) in [5.41, 5.74) is 3.98.